The number of carbonyl (C=O) groups excluding carboxylic acids is 3. The highest BCUT2D eigenvalue weighted by Gasteiger charge is 2.35. The minimum absolute atomic E-state index is 0.275. The molecule has 1 aromatic heterocycles. The van der Waals surface area contributed by atoms with Gasteiger partial charge in [0.05, 0.1) is 10.6 Å². The van der Waals surface area contributed by atoms with Crippen LogP contribution < -0.4 is 11.1 Å². The molecular formula is C17H25N3O4S. The molecule has 0 aliphatic carbocycles. The molecule has 0 bridgehead atoms. The Labute approximate surface area is 151 Å². The Bertz CT molecular complexity index is 678. The van der Waals surface area contributed by atoms with E-state index in [9.17, 15) is 14.4 Å². The van der Waals surface area contributed by atoms with Crippen molar-refractivity contribution in [2.45, 2.75) is 58.6 Å². The zero-order valence-corrected chi connectivity index (χ0v) is 15.9. The van der Waals surface area contributed by atoms with E-state index in [1.807, 2.05) is 0 Å². The van der Waals surface area contributed by atoms with Crippen LogP contribution in [0.5, 0.6) is 0 Å². The SMILES string of the molecule is Cc1sc(C(N)=O)cc1NC(=O)C1CCCCN1C(=O)OC(C)(C)C. The fourth-order valence-electron chi connectivity index (χ4n) is 2.69. The molecule has 0 spiro atoms. The Balaban J connectivity index is 2.12. The molecule has 1 aliphatic rings. The number of nitrogens with zero attached hydrogens (tertiary/aromatic N) is 1. The summed E-state index contributed by atoms with van der Waals surface area (Å²) in [7, 11) is 0. The maximum absolute atomic E-state index is 12.7. The van der Waals surface area contributed by atoms with Crippen molar-refractivity contribution in [2.75, 3.05) is 11.9 Å². The third-order valence-corrected chi connectivity index (χ3v) is 4.92. The minimum atomic E-state index is -0.615. The van der Waals surface area contributed by atoms with Crippen molar-refractivity contribution >= 4 is 34.9 Å². The first-order valence-corrected chi connectivity index (χ1v) is 9.11. The van der Waals surface area contributed by atoms with Crippen LogP contribution >= 0.6 is 11.3 Å². The van der Waals surface area contributed by atoms with Crippen molar-refractivity contribution < 1.29 is 19.1 Å². The van der Waals surface area contributed by atoms with E-state index in [1.165, 1.54) is 16.2 Å². The second-order valence-electron chi connectivity index (χ2n) is 7.12. The molecule has 1 aliphatic heterocycles. The average Bonchev–Trinajstić information content (AvgIpc) is 2.87. The first-order chi connectivity index (χ1) is 11.6. The highest BCUT2D eigenvalue weighted by molar-refractivity contribution is 7.14. The number of likely N-dealkylation sites (tertiary alicyclic amines) is 1. The summed E-state index contributed by atoms with van der Waals surface area (Å²) in [5.74, 6) is -0.802. The van der Waals surface area contributed by atoms with Crippen molar-refractivity contribution in [3.63, 3.8) is 0 Å². The molecule has 8 heteroatoms. The zero-order valence-electron chi connectivity index (χ0n) is 15.0. The van der Waals surface area contributed by atoms with Crippen LogP contribution in [0.2, 0.25) is 0 Å². The fourth-order valence-corrected chi connectivity index (χ4v) is 3.51. The van der Waals surface area contributed by atoms with E-state index < -0.39 is 23.6 Å². The van der Waals surface area contributed by atoms with Crippen LogP contribution in [0.4, 0.5) is 10.5 Å². The van der Waals surface area contributed by atoms with Gasteiger partial charge < -0.3 is 15.8 Å². The molecule has 3 amide bonds. The van der Waals surface area contributed by atoms with Crippen molar-refractivity contribution in [2.24, 2.45) is 5.73 Å². The zero-order chi connectivity index (χ0) is 18.8. The minimum Gasteiger partial charge on any atom is -0.444 e. The molecule has 138 valence electrons. The highest BCUT2D eigenvalue weighted by atomic mass is 32.1. The van der Waals surface area contributed by atoms with Crippen LogP contribution in [0.25, 0.3) is 0 Å². The molecule has 3 N–H and O–H groups in total. The van der Waals surface area contributed by atoms with Crippen LogP contribution in [-0.4, -0.2) is 41.0 Å². The molecule has 0 saturated carbocycles. The quantitative estimate of drug-likeness (QED) is 0.857. The summed E-state index contributed by atoms with van der Waals surface area (Å²) in [6.07, 6.45) is 1.81. The molecule has 1 atom stereocenters. The highest BCUT2D eigenvalue weighted by Crippen LogP contribution is 2.27. The van der Waals surface area contributed by atoms with E-state index in [0.717, 1.165) is 17.7 Å². The summed E-state index contributed by atoms with van der Waals surface area (Å²) < 4.78 is 5.41. The molecule has 25 heavy (non-hydrogen) atoms. The van der Waals surface area contributed by atoms with Crippen molar-refractivity contribution in [1.82, 2.24) is 4.90 Å². The summed E-state index contributed by atoms with van der Waals surface area (Å²) in [4.78, 5) is 39.1. The van der Waals surface area contributed by atoms with Gasteiger partial charge in [0.15, 0.2) is 0 Å². The van der Waals surface area contributed by atoms with Crippen LogP contribution in [-0.2, 0) is 9.53 Å². The van der Waals surface area contributed by atoms with Crippen LogP contribution in [0.15, 0.2) is 6.07 Å². The Kier molecular flexibility index (Phi) is 5.72. The van der Waals surface area contributed by atoms with Gasteiger partial charge in [0.2, 0.25) is 5.91 Å². The second-order valence-corrected chi connectivity index (χ2v) is 8.38. The van der Waals surface area contributed by atoms with Gasteiger partial charge in [-0.2, -0.15) is 0 Å². The summed E-state index contributed by atoms with van der Waals surface area (Å²) in [5, 5.41) is 2.82. The van der Waals surface area contributed by atoms with Gasteiger partial charge >= 0.3 is 6.09 Å². The number of nitrogens with one attached hydrogen (secondary N) is 1. The number of thiophene rings is 1. The average molecular weight is 367 g/mol. The van der Waals surface area contributed by atoms with E-state index in [1.54, 1.807) is 33.8 Å². The summed E-state index contributed by atoms with van der Waals surface area (Å²) in [6.45, 7) is 7.68. The maximum atomic E-state index is 12.7. The van der Waals surface area contributed by atoms with E-state index >= 15 is 0 Å². The van der Waals surface area contributed by atoms with E-state index in [0.29, 0.717) is 23.5 Å². The Morgan fingerprint density at radius 1 is 1.32 bits per heavy atom. The van der Waals surface area contributed by atoms with Gasteiger partial charge in [-0.15, -0.1) is 11.3 Å². The number of carbonyl (C=O) groups is 3. The number of nitrogens with two attached hydrogens (primary N) is 1. The molecule has 1 unspecified atom stereocenters. The van der Waals surface area contributed by atoms with Gasteiger partial charge in [0.1, 0.15) is 11.6 Å². The van der Waals surface area contributed by atoms with E-state index in [-0.39, 0.29) is 5.91 Å². The van der Waals surface area contributed by atoms with Gasteiger partial charge in [-0.1, -0.05) is 0 Å². The second kappa shape index (κ2) is 7.43. The van der Waals surface area contributed by atoms with Crippen LogP contribution in [0, 0.1) is 6.92 Å². The molecule has 7 nitrogen and oxygen atoms in total. The first-order valence-electron chi connectivity index (χ1n) is 8.29. The number of piperidine rings is 1. The summed E-state index contributed by atoms with van der Waals surface area (Å²) in [5.41, 5.74) is 5.22. The molecular weight excluding hydrogens is 342 g/mol. The summed E-state index contributed by atoms with van der Waals surface area (Å²) in [6, 6.07) is 0.987. The van der Waals surface area contributed by atoms with Gasteiger partial charge in [0, 0.05) is 11.4 Å². The lowest BCUT2D eigenvalue weighted by molar-refractivity contribution is -0.122. The van der Waals surface area contributed by atoms with Gasteiger partial charge in [0.25, 0.3) is 5.91 Å². The standard InChI is InChI=1S/C17H25N3O4S/c1-10-11(9-13(25-10)14(18)21)19-15(22)12-7-5-6-8-20(12)16(23)24-17(2,3)4/h9,12H,5-8H2,1-4H3,(H2,18,21)(H,19,22). The third-order valence-electron chi connectivity index (χ3n) is 3.85. The topological polar surface area (TPSA) is 102 Å². The number of hydrogen-bond acceptors (Lipinski definition) is 5. The van der Waals surface area contributed by atoms with Gasteiger partial charge in [-0.25, -0.2) is 4.79 Å². The Morgan fingerprint density at radius 2 is 2.00 bits per heavy atom. The number of anilines is 1. The number of hydrogen-bond donors (Lipinski definition) is 2. The first kappa shape index (κ1) is 19.2. The normalized spacial score (nSPS) is 17.9. The lowest BCUT2D eigenvalue weighted by Crippen LogP contribution is -2.51. The lowest BCUT2D eigenvalue weighted by Gasteiger charge is -2.35. The molecule has 1 fully saturated rings. The smallest absolute Gasteiger partial charge is 0.410 e. The molecule has 0 aromatic carbocycles. The van der Waals surface area contributed by atoms with Crippen molar-refractivity contribution in [1.29, 1.82) is 0 Å². The molecule has 1 saturated heterocycles. The fraction of sp³-hybridized carbons (Fsp3) is 0.588. The van der Waals surface area contributed by atoms with Crippen LogP contribution in [0.3, 0.4) is 0 Å². The van der Waals surface area contributed by atoms with E-state index in [4.69, 9.17) is 10.5 Å². The summed E-state index contributed by atoms with van der Waals surface area (Å²) >= 11 is 1.23. The largest absolute Gasteiger partial charge is 0.444 e. The number of ether oxygens (including phenoxy) is 1. The molecule has 0 radical (unpaired) electrons. The number of amides is 3. The molecule has 1 aromatic rings. The van der Waals surface area contributed by atoms with E-state index in [2.05, 4.69) is 5.32 Å². The lowest BCUT2D eigenvalue weighted by atomic mass is 10.0. The Morgan fingerprint density at radius 3 is 2.56 bits per heavy atom. The van der Waals surface area contributed by atoms with Gasteiger partial charge in [-0.05, 0) is 53.0 Å². The molecule has 2 rings (SSSR count). The van der Waals surface area contributed by atoms with Crippen molar-refractivity contribution in [3.8, 4) is 0 Å². The third kappa shape index (κ3) is 4.94. The van der Waals surface area contributed by atoms with Crippen molar-refractivity contribution in [3.05, 3.63) is 15.8 Å². The predicted octanol–water partition coefficient (Wildman–Crippen LogP) is 2.88. The number of primary amides is 1. The number of aryl methyl sites for hydroxylation is 1. The van der Waals surface area contributed by atoms with Crippen LogP contribution in [0.1, 0.15) is 54.6 Å². The Hall–Kier alpha value is -2.09. The monoisotopic (exact) mass is 367 g/mol. The maximum Gasteiger partial charge on any atom is 0.410 e. The number of rotatable bonds is 3. The predicted molar refractivity (Wildman–Crippen MR) is 96.8 cm³/mol. The molecule has 2 heterocycles. The van der Waals surface area contributed by atoms with Gasteiger partial charge in [-0.3, -0.25) is 14.5 Å².